The van der Waals surface area contributed by atoms with Gasteiger partial charge in [-0.1, -0.05) is 0 Å². The summed E-state index contributed by atoms with van der Waals surface area (Å²) in [5.41, 5.74) is -1.16. The van der Waals surface area contributed by atoms with E-state index in [9.17, 15) is 9.18 Å². The lowest BCUT2D eigenvalue weighted by atomic mass is 9.78. The van der Waals surface area contributed by atoms with Crippen molar-refractivity contribution >= 4 is 6.09 Å². The molecule has 1 rings (SSSR count). The van der Waals surface area contributed by atoms with E-state index in [0.29, 0.717) is 12.8 Å². The van der Waals surface area contributed by atoms with Crippen molar-refractivity contribution in [3.05, 3.63) is 0 Å². The van der Waals surface area contributed by atoms with Crippen molar-refractivity contribution in [3.8, 4) is 0 Å². The summed E-state index contributed by atoms with van der Waals surface area (Å²) < 4.78 is 17.7. The Morgan fingerprint density at radius 1 is 1.50 bits per heavy atom. The van der Waals surface area contributed by atoms with Gasteiger partial charge in [-0.3, -0.25) is 0 Å². The van der Waals surface area contributed by atoms with Gasteiger partial charge < -0.3 is 10.1 Å². The van der Waals surface area contributed by atoms with Crippen LogP contribution in [0.2, 0.25) is 0 Å². The highest BCUT2D eigenvalue weighted by Crippen LogP contribution is 2.32. The molecule has 0 unspecified atom stereocenters. The SMILES string of the molecule is CC(C)(C)OC(=O)NC1(CF)CCC1. The third kappa shape index (κ3) is 2.86. The molecule has 0 radical (unpaired) electrons. The Bertz CT molecular complexity index is 213. The third-order valence-electron chi connectivity index (χ3n) is 2.33. The zero-order chi connectivity index (χ0) is 10.8. The Kier molecular flexibility index (Phi) is 3.02. The summed E-state index contributed by atoms with van der Waals surface area (Å²) in [6.07, 6.45) is 1.88. The minimum atomic E-state index is -0.637. The second-order valence-corrected chi connectivity index (χ2v) is 4.89. The minimum absolute atomic E-state index is 0.508. The van der Waals surface area contributed by atoms with E-state index in [4.69, 9.17) is 4.74 Å². The van der Waals surface area contributed by atoms with E-state index in [1.807, 2.05) is 0 Å². The molecule has 0 aromatic rings. The first-order valence-electron chi connectivity index (χ1n) is 4.94. The van der Waals surface area contributed by atoms with Crippen molar-refractivity contribution in [2.45, 2.75) is 51.2 Å². The van der Waals surface area contributed by atoms with Gasteiger partial charge in [0.1, 0.15) is 12.3 Å². The fourth-order valence-corrected chi connectivity index (χ4v) is 1.42. The number of hydrogen-bond acceptors (Lipinski definition) is 2. The Morgan fingerprint density at radius 3 is 2.36 bits per heavy atom. The number of carbonyl (C=O) groups is 1. The molecule has 3 nitrogen and oxygen atoms in total. The summed E-state index contributed by atoms with van der Waals surface area (Å²) in [5.74, 6) is 0. The number of ether oxygens (including phenoxy) is 1. The maximum absolute atomic E-state index is 12.6. The van der Waals surface area contributed by atoms with Crippen LogP contribution < -0.4 is 5.32 Å². The van der Waals surface area contributed by atoms with Crippen LogP contribution in [0.3, 0.4) is 0 Å². The van der Waals surface area contributed by atoms with Crippen molar-refractivity contribution in [1.82, 2.24) is 5.32 Å². The topological polar surface area (TPSA) is 38.3 Å². The van der Waals surface area contributed by atoms with E-state index in [2.05, 4.69) is 5.32 Å². The molecular weight excluding hydrogens is 185 g/mol. The van der Waals surface area contributed by atoms with E-state index < -0.39 is 23.9 Å². The molecule has 0 saturated heterocycles. The monoisotopic (exact) mass is 203 g/mol. The van der Waals surface area contributed by atoms with Crippen LogP contribution in [-0.2, 0) is 4.74 Å². The van der Waals surface area contributed by atoms with Crippen LogP contribution >= 0.6 is 0 Å². The molecule has 1 amide bonds. The minimum Gasteiger partial charge on any atom is -0.444 e. The van der Waals surface area contributed by atoms with E-state index in [-0.39, 0.29) is 0 Å². The molecule has 82 valence electrons. The first kappa shape index (κ1) is 11.3. The van der Waals surface area contributed by atoms with Crippen LogP contribution in [0, 0.1) is 0 Å². The number of carbonyl (C=O) groups excluding carboxylic acids is 1. The molecule has 0 aromatic heterocycles. The zero-order valence-electron chi connectivity index (χ0n) is 9.02. The highest BCUT2D eigenvalue weighted by molar-refractivity contribution is 5.69. The standard InChI is InChI=1S/C10H18FNO2/c1-9(2,3)14-8(13)12-10(7-11)5-4-6-10/h4-7H2,1-3H3,(H,12,13). The molecule has 0 heterocycles. The normalized spacial score (nSPS) is 19.7. The van der Waals surface area contributed by atoms with Gasteiger partial charge in [0.25, 0.3) is 0 Å². The molecule has 1 saturated carbocycles. The molecule has 0 aliphatic heterocycles. The lowest BCUT2D eigenvalue weighted by Crippen LogP contribution is -2.56. The van der Waals surface area contributed by atoms with Gasteiger partial charge in [0.15, 0.2) is 0 Å². The molecule has 14 heavy (non-hydrogen) atoms. The number of rotatable bonds is 2. The number of alkyl halides is 1. The van der Waals surface area contributed by atoms with Crippen molar-refractivity contribution in [2.75, 3.05) is 6.67 Å². The molecule has 4 heteroatoms. The number of amides is 1. The van der Waals surface area contributed by atoms with E-state index in [1.165, 1.54) is 0 Å². The van der Waals surface area contributed by atoms with Gasteiger partial charge in [-0.25, -0.2) is 9.18 Å². The third-order valence-corrected chi connectivity index (χ3v) is 2.33. The van der Waals surface area contributed by atoms with E-state index in [0.717, 1.165) is 6.42 Å². The summed E-state index contributed by atoms with van der Waals surface area (Å²) in [7, 11) is 0. The number of halogens is 1. The Morgan fingerprint density at radius 2 is 2.07 bits per heavy atom. The maximum Gasteiger partial charge on any atom is 0.408 e. The van der Waals surface area contributed by atoms with Crippen LogP contribution in [0.15, 0.2) is 0 Å². The fraction of sp³-hybridized carbons (Fsp3) is 0.900. The fourth-order valence-electron chi connectivity index (χ4n) is 1.42. The second kappa shape index (κ2) is 3.75. The second-order valence-electron chi connectivity index (χ2n) is 4.89. The Balaban J connectivity index is 2.40. The first-order valence-corrected chi connectivity index (χ1v) is 4.94. The molecule has 1 N–H and O–H groups in total. The first-order chi connectivity index (χ1) is 6.37. The van der Waals surface area contributed by atoms with Gasteiger partial charge in [-0.15, -0.1) is 0 Å². The van der Waals surface area contributed by atoms with Gasteiger partial charge >= 0.3 is 6.09 Å². The molecule has 0 spiro atoms. The summed E-state index contributed by atoms with van der Waals surface area (Å²) in [6.45, 7) is 4.85. The van der Waals surface area contributed by atoms with Crippen molar-refractivity contribution in [1.29, 1.82) is 0 Å². The van der Waals surface area contributed by atoms with Crippen LogP contribution in [0.4, 0.5) is 9.18 Å². The van der Waals surface area contributed by atoms with Crippen LogP contribution in [0.5, 0.6) is 0 Å². The predicted octanol–water partition coefficient (Wildman–Crippen LogP) is 2.40. The van der Waals surface area contributed by atoms with Crippen molar-refractivity contribution < 1.29 is 13.9 Å². The lowest BCUT2D eigenvalue weighted by Gasteiger charge is -2.40. The average molecular weight is 203 g/mol. The zero-order valence-corrected chi connectivity index (χ0v) is 9.02. The molecule has 1 fully saturated rings. The molecule has 0 atom stereocenters. The van der Waals surface area contributed by atoms with Gasteiger partial charge in [0.05, 0.1) is 5.54 Å². The Labute approximate surface area is 84.0 Å². The highest BCUT2D eigenvalue weighted by atomic mass is 19.1. The number of hydrogen-bond donors (Lipinski definition) is 1. The largest absolute Gasteiger partial charge is 0.444 e. The maximum atomic E-state index is 12.6. The van der Waals surface area contributed by atoms with Crippen molar-refractivity contribution in [3.63, 3.8) is 0 Å². The molecule has 1 aliphatic rings. The number of nitrogens with one attached hydrogen (secondary N) is 1. The van der Waals surface area contributed by atoms with Gasteiger partial charge in [-0.2, -0.15) is 0 Å². The molecule has 1 aliphatic carbocycles. The van der Waals surface area contributed by atoms with Crippen LogP contribution in [0.1, 0.15) is 40.0 Å². The average Bonchev–Trinajstić information content (AvgIpc) is 1.93. The molecule has 0 bridgehead atoms. The summed E-state index contributed by atoms with van der Waals surface area (Å²) in [5, 5.41) is 2.60. The lowest BCUT2D eigenvalue weighted by molar-refractivity contribution is 0.0343. The van der Waals surface area contributed by atoms with E-state index >= 15 is 0 Å². The van der Waals surface area contributed by atoms with E-state index in [1.54, 1.807) is 20.8 Å². The summed E-state index contributed by atoms with van der Waals surface area (Å²) in [4.78, 5) is 11.3. The Hall–Kier alpha value is -0.800. The number of alkyl carbamates (subject to hydrolysis) is 1. The van der Waals surface area contributed by atoms with Gasteiger partial charge in [0.2, 0.25) is 0 Å². The predicted molar refractivity (Wildman–Crippen MR) is 51.9 cm³/mol. The van der Waals surface area contributed by atoms with Crippen LogP contribution in [0.25, 0.3) is 0 Å². The smallest absolute Gasteiger partial charge is 0.408 e. The van der Waals surface area contributed by atoms with Gasteiger partial charge in [-0.05, 0) is 40.0 Å². The van der Waals surface area contributed by atoms with Crippen LogP contribution in [-0.4, -0.2) is 23.9 Å². The molecular formula is C10H18FNO2. The van der Waals surface area contributed by atoms with Gasteiger partial charge in [0, 0.05) is 0 Å². The summed E-state index contributed by atoms with van der Waals surface area (Å²) in [6, 6.07) is 0. The highest BCUT2D eigenvalue weighted by Gasteiger charge is 2.39. The van der Waals surface area contributed by atoms with Crippen molar-refractivity contribution in [2.24, 2.45) is 0 Å². The summed E-state index contributed by atoms with van der Waals surface area (Å²) >= 11 is 0. The molecule has 0 aromatic carbocycles. The quantitative estimate of drug-likeness (QED) is 0.748.